The summed E-state index contributed by atoms with van der Waals surface area (Å²) in [6, 6.07) is 4.33. The van der Waals surface area contributed by atoms with Gasteiger partial charge in [0.2, 0.25) is 0 Å². The summed E-state index contributed by atoms with van der Waals surface area (Å²) in [7, 11) is 0. The van der Waals surface area contributed by atoms with Gasteiger partial charge in [0.1, 0.15) is 0 Å². The Bertz CT molecular complexity index is 192. The molecular formula is C12H21N3. The molecule has 0 spiro atoms. The molecule has 0 heterocycles. The summed E-state index contributed by atoms with van der Waals surface area (Å²) < 4.78 is 0. The van der Waals surface area contributed by atoms with Crippen molar-refractivity contribution in [3.8, 4) is 12.1 Å². The van der Waals surface area contributed by atoms with Gasteiger partial charge in [0.25, 0.3) is 0 Å². The van der Waals surface area contributed by atoms with Gasteiger partial charge in [-0.2, -0.15) is 10.5 Å². The summed E-state index contributed by atoms with van der Waals surface area (Å²) in [5, 5.41) is 16.9. The van der Waals surface area contributed by atoms with E-state index >= 15 is 0 Å². The van der Waals surface area contributed by atoms with Gasteiger partial charge in [-0.15, -0.1) is 0 Å². The molecule has 15 heavy (non-hydrogen) atoms. The molecule has 0 aliphatic carbocycles. The number of hydrogen-bond acceptors (Lipinski definition) is 3. The van der Waals surface area contributed by atoms with Crippen molar-refractivity contribution >= 4 is 0 Å². The highest BCUT2D eigenvalue weighted by atomic mass is 15.1. The molecule has 0 N–H and O–H groups in total. The zero-order valence-electron chi connectivity index (χ0n) is 9.71. The Kier molecular flexibility index (Phi) is 10.2. The van der Waals surface area contributed by atoms with Crippen molar-refractivity contribution in [2.75, 3.05) is 19.6 Å². The molecule has 0 unspecified atom stereocenters. The topological polar surface area (TPSA) is 50.8 Å². The van der Waals surface area contributed by atoms with Gasteiger partial charge >= 0.3 is 0 Å². The summed E-state index contributed by atoms with van der Waals surface area (Å²) in [6.07, 6.45) is 5.59. The van der Waals surface area contributed by atoms with Crippen molar-refractivity contribution in [3.05, 3.63) is 0 Å². The van der Waals surface area contributed by atoms with Crippen LogP contribution in [-0.4, -0.2) is 24.5 Å². The van der Waals surface area contributed by atoms with Crippen LogP contribution in [0.4, 0.5) is 0 Å². The summed E-state index contributed by atoms with van der Waals surface area (Å²) in [5.74, 6) is 0. The normalized spacial score (nSPS) is 9.87. The van der Waals surface area contributed by atoms with Gasteiger partial charge in [-0.3, -0.25) is 0 Å². The van der Waals surface area contributed by atoms with Crippen molar-refractivity contribution in [2.24, 2.45) is 0 Å². The molecule has 0 rings (SSSR count). The van der Waals surface area contributed by atoms with Crippen molar-refractivity contribution < 1.29 is 0 Å². The second kappa shape index (κ2) is 11.0. The molecule has 0 bridgehead atoms. The average Bonchev–Trinajstić information content (AvgIpc) is 2.25. The van der Waals surface area contributed by atoms with E-state index in [0.29, 0.717) is 12.8 Å². The number of hydrogen-bond donors (Lipinski definition) is 0. The quantitative estimate of drug-likeness (QED) is 0.546. The molecule has 0 aliphatic rings. The highest BCUT2D eigenvalue weighted by molar-refractivity contribution is 4.72. The first-order chi connectivity index (χ1) is 7.35. The first-order valence-electron chi connectivity index (χ1n) is 5.81. The van der Waals surface area contributed by atoms with Gasteiger partial charge in [0.15, 0.2) is 0 Å². The highest BCUT2D eigenvalue weighted by Crippen LogP contribution is 2.01. The number of nitrogens with zero attached hydrogens (tertiary/aromatic N) is 3. The van der Waals surface area contributed by atoms with E-state index in [1.165, 1.54) is 12.8 Å². The van der Waals surface area contributed by atoms with Crippen molar-refractivity contribution in [1.29, 1.82) is 10.5 Å². The van der Waals surface area contributed by atoms with Crippen molar-refractivity contribution in [2.45, 2.75) is 45.4 Å². The molecule has 3 nitrogen and oxygen atoms in total. The maximum absolute atomic E-state index is 8.46. The largest absolute Gasteiger partial charge is 0.303 e. The van der Waals surface area contributed by atoms with Gasteiger partial charge in [0.05, 0.1) is 12.1 Å². The lowest BCUT2D eigenvalue weighted by atomic mass is 10.2. The lowest BCUT2D eigenvalue weighted by molar-refractivity contribution is 0.265. The summed E-state index contributed by atoms with van der Waals surface area (Å²) >= 11 is 0. The molecule has 84 valence electrons. The van der Waals surface area contributed by atoms with E-state index in [2.05, 4.69) is 24.0 Å². The minimum Gasteiger partial charge on any atom is -0.303 e. The molecule has 0 radical (unpaired) electrons. The summed E-state index contributed by atoms with van der Waals surface area (Å²) in [5.41, 5.74) is 0. The Labute approximate surface area is 93.3 Å². The number of nitriles is 2. The Morgan fingerprint density at radius 1 is 0.867 bits per heavy atom. The lowest BCUT2D eigenvalue weighted by Crippen LogP contribution is -2.27. The minimum absolute atomic E-state index is 0.640. The molecule has 0 aromatic heterocycles. The third kappa shape index (κ3) is 9.25. The predicted molar refractivity (Wildman–Crippen MR) is 61.0 cm³/mol. The maximum atomic E-state index is 8.46. The zero-order valence-corrected chi connectivity index (χ0v) is 9.71. The van der Waals surface area contributed by atoms with Crippen LogP contribution in [0.3, 0.4) is 0 Å². The smallest absolute Gasteiger partial charge is 0.0622 e. The molecule has 0 saturated carbocycles. The van der Waals surface area contributed by atoms with Crippen LogP contribution < -0.4 is 0 Å². The van der Waals surface area contributed by atoms with Crippen LogP contribution in [0, 0.1) is 22.7 Å². The molecule has 0 amide bonds. The fraction of sp³-hybridized carbons (Fsp3) is 0.833. The standard InChI is InChI=1S/C12H21N3/c1-2-3-10-15(11-6-4-8-13)12-7-5-9-14/h2-7,10-12H2,1H3. The van der Waals surface area contributed by atoms with Gasteiger partial charge in [-0.05, 0) is 38.9 Å². The van der Waals surface area contributed by atoms with E-state index in [1.54, 1.807) is 0 Å². The first kappa shape index (κ1) is 13.9. The van der Waals surface area contributed by atoms with Crippen molar-refractivity contribution in [1.82, 2.24) is 4.90 Å². The van der Waals surface area contributed by atoms with Crippen molar-refractivity contribution in [3.63, 3.8) is 0 Å². The molecule has 0 atom stereocenters. The molecule has 0 aromatic carbocycles. The monoisotopic (exact) mass is 207 g/mol. The SMILES string of the molecule is CCCCN(CCCC#N)CCCC#N. The zero-order chi connectivity index (χ0) is 11.4. The highest BCUT2D eigenvalue weighted by Gasteiger charge is 2.03. The van der Waals surface area contributed by atoms with E-state index in [9.17, 15) is 0 Å². The van der Waals surface area contributed by atoms with Crippen LogP contribution in [0.15, 0.2) is 0 Å². The number of rotatable bonds is 9. The predicted octanol–water partition coefficient (Wildman–Crippen LogP) is 2.70. The third-order valence-corrected chi connectivity index (χ3v) is 2.35. The molecule has 0 aromatic rings. The average molecular weight is 207 g/mol. The lowest BCUT2D eigenvalue weighted by Gasteiger charge is -2.20. The molecule has 0 aliphatic heterocycles. The van der Waals surface area contributed by atoms with E-state index in [-0.39, 0.29) is 0 Å². The van der Waals surface area contributed by atoms with Gasteiger partial charge < -0.3 is 4.90 Å². The Balaban J connectivity index is 3.64. The van der Waals surface area contributed by atoms with Crippen LogP contribution >= 0.6 is 0 Å². The van der Waals surface area contributed by atoms with Gasteiger partial charge in [-0.25, -0.2) is 0 Å². The van der Waals surface area contributed by atoms with Crippen LogP contribution in [0.25, 0.3) is 0 Å². The minimum atomic E-state index is 0.640. The second-order valence-corrected chi connectivity index (χ2v) is 3.72. The molecule has 3 heteroatoms. The Morgan fingerprint density at radius 2 is 1.33 bits per heavy atom. The van der Waals surface area contributed by atoms with Gasteiger partial charge in [0, 0.05) is 12.8 Å². The second-order valence-electron chi connectivity index (χ2n) is 3.72. The Morgan fingerprint density at radius 3 is 1.73 bits per heavy atom. The van der Waals surface area contributed by atoms with Crippen LogP contribution in [0.2, 0.25) is 0 Å². The first-order valence-corrected chi connectivity index (χ1v) is 5.81. The van der Waals surface area contributed by atoms with Crippen LogP contribution in [0.5, 0.6) is 0 Å². The van der Waals surface area contributed by atoms with Crippen LogP contribution in [0.1, 0.15) is 45.4 Å². The number of unbranched alkanes of at least 4 members (excludes halogenated alkanes) is 3. The summed E-state index contributed by atoms with van der Waals surface area (Å²) in [6.45, 7) is 5.29. The van der Waals surface area contributed by atoms with Gasteiger partial charge in [-0.1, -0.05) is 13.3 Å². The van der Waals surface area contributed by atoms with E-state index < -0.39 is 0 Å². The molecular weight excluding hydrogens is 186 g/mol. The maximum Gasteiger partial charge on any atom is 0.0622 e. The molecule has 0 fully saturated rings. The van der Waals surface area contributed by atoms with E-state index in [4.69, 9.17) is 10.5 Å². The fourth-order valence-electron chi connectivity index (χ4n) is 1.48. The Hall–Kier alpha value is -1.06. The molecule has 0 saturated heterocycles. The third-order valence-electron chi connectivity index (χ3n) is 2.35. The van der Waals surface area contributed by atoms with E-state index in [1.807, 2.05) is 0 Å². The van der Waals surface area contributed by atoms with E-state index in [0.717, 1.165) is 32.5 Å². The fourth-order valence-corrected chi connectivity index (χ4v) is 1.48. The summed E-state index contributed by atoms with van der Waals surface area (Å²) in [4.78, 5) is 2.37. The van der Waals surface area contributed by atoms with Crippen LogP contribution in [-0.2, 0) is 0 Å².